The fourth-order valence-corrected chi connectivity index (χ4v) is 11.4. The Bertz CT molecular complexity index is 1420. The molecule has 0 amide bonds. The number of aryl methyl sites for hydroxylation is 2. The second-order valence-electron chi connectivity index (χ2n) is 13.5. The number of fused-ring (bicyclic) bond motifs is 3. The first-order valence-electron chi connectivity index (χ1n) is 15.1. The van der Waals surface area contributed by atoms with Crippen LogP contribution >= 0.6 is 0 Å². The van der Waals surface area contributed by atoms with Gasteiger partial charge in [0.1, 0.15) is 0 Å². The molecule has 0 bridgehead atoms. The zero-order valence-electron chi connectivity index (χ0n) is 25.7. The van der Waals surface area contributed by atoms with Gasteiger partial charge in [0.25, 0.3) is 0 Å². The molecule has 4 aromatic rings. The molecule has 2 aliphatic carbocycles. The zero-order chi connectivity index (χ0) is 29.0. The molecule has 0 aliphatic heterocycles. The van der Waals surface area contributed by atoms with Gasteiger partial charge in [0.15, 0.2) is 0 Å². The van der Waals surface area contributed by atoms with Crippen molar-refractivity contribution in [2.24, 2.45) is 0 Å². The predicted molar refractivity (Wildman–Crippen MR) is 173 cm³/mol. The van der Waals surface area contributed by atoms with Crippen molar-refractivity contribution in [3.63, 3.8) is 0 Å². The van der Waals surface area contributed by atoms with Crippen molar-refractivity contribution in [3.05, 3.63) is 152 Å². The molecule has 1 heteroatoms. The van der Waals surface area contributed by atoms with Crippen molar-refractivity contribution < 1.29 is 22.9 Å². The van der Waals surface area contributed by atoms with Crippen molar-refractivity contribution >= 4 is 0 Å². The van der Waals surface area contributed by atoms with Crippen LogP contribution in [0.1, 0.15) is 85.0 Å². The van der Waals surface area contributed by atoms with Crippen LogP contribution in [0.15, 0.2) is 119 Å². The van der Waals surface area contributed by atoms with E-state index in [1.54, 1.807) is 14.5 Å². The van der Waals surface area contributed by atoms with Crippen LogP contribution in [0.3, 0.4) is 0 Å². The molecular weight excluding hydrogens is 659 g/mol. The van der Waals surface area contributed by atoms with Gasteiger partial charge in [-0.1, -0.05) is 60.7 Å². The minimum atomic E-state index is -0.977. The maximum atomic E-state index is 2.53. The van der Waals surface area contributed by atoms with Crippen molar-refractivity contribution in [1.29, 1.82) is 0 Å². The first-order valence-corrected chi connectivity index (χ1v) is 19.0. The summed E-state index contributed by atoms with van der Waals surface area (Å²) in [4.78, 5) is 0. The number of hydrogen-bond donors (Lipinski definition) is 0. The maximum Gasteiger partial charge on any atom is -0.0238 e. The standard InChI is InChI=1S/C21H25.C14H14.C5H5.Hf/c1-20(2,3)16-7-9-18-14(12-16)11-15-13-17(21(4,5)6)8-10-19(15)18;1-3-7-13(8-4-1)11-12-14-9-5-2-6-10-14;1-2-4-5-3-1;/h7-13H,1-6H3;1-10H,11-12H2;1-3H,4H2;. The summed E-state index contributed by atoms with van der Waals surface area (Å²) in [6.07, 6.45) is 10.5. The van der Waals surface area contributed by atoms with E-state index >= 15 is 0 Å². The minimum Gasteiger partial charge on any atom is -0.0622 e. The number of benzene rings is 4. The van der Waals surface area contributed by atoms with Crippen LogP contribution in [-0.4, -0.2) is 0 Å². The predicted octanol–water partition coefficient (Wildman–Crippen LogP) is 10.7. The molecule has 0 nitrogen and oxygen atoms in total. The van der Waals surface area contributed by atoms with E-state index in [0.29, 0.717) is 3.67 Å². The molecule has 4 aromatic carbocycles. The van der Waals surface area contributed by atoms with Gasteiger partial charge < -0.3 is 0 Å². The Morgan fingerprint density at radius 1 is 0.610 bits per heavy atom. The molecule has 0 saturated carbocycles. The van der Waals surface area contributed by atoms with Gasteiger partial charge in [-0.15, -0.1) is 0 Å². The summed E-state index contributed by atoms with van der Waals surface area (Å²) in [5.74, 6) is 0. The van der Waals surface area contributed by atoms with Gasteiger partial charge in [-0.2, -0.15) is 0 Å². The van der Waals surface area contributed by atoms with Crippen LogP contribution in [0.5, 0.6) is 0 Å². The van der Waals surface area contributed by atoms with E-state index < -0.39 is 22.9 Å². The topological polar surface area (TPSA) is 0 Å². The molecule has 0 saturated heterocycles. The number of rotatable bonds is 5. The second-order valence-corrected chi connectivity index (χ2v) is 18.9. The largest absolute Gasteiger partial charge is 0.0622 e. The van der Waals surface area contributed by atoms with Crippen LogP contribution in [0.25, 0.3) is 11.1 Å². The van der Waals surface area contributed by atoms with Crippen molar-refractivity contribution in [2.45, 2.75) is 75.3 Å². The van der Waals surface area contributed by atoms with Crippen LogP contribution in [0, 0.1) is 0 Å². The molecule has 41 heavy (non-hydrogen) atoms. The average molecular weight is 703 g/mol. The van der Waals surface area contributed by atoms with Crippen LogP contribution in [-0.2, 0) is 46.6 Å². The van der Waals surface area contributed by atoms with E-state index in [1.807, 2.05) is 0 Å². The number of allylic oxidation sites excluding steroid dienone is 4. The molecular formula is C40H44Hf. The molecule has 208 valence electrons. The molecule has 0 radical (unpaired) electrons. The van der Waals surface area contributed by atoms with Crippen LogP contribution < -0.4 is 0 Å². The summed E-state index contributed by atoms with van der Waals surface area (Å²) >= 11 is -0.977. The van der Waals surface area contributed by atoms with Crippen molar-refractivity contribution in [3.8, 4) is 11.1 Å². The average Bonchev–Trinajstić information content (AvgIpc) is 3.59. The molecule has 0 atom stereocenters. The molecule has 0 heterocycles. The number of hydrogen-bond acceptors (Lipinski definition) is 0. The Morgan fingerprint density at radius 3 is 1.46 bits per heavy atom. The molecule has 0 spiro atoms. The molecule has 0 N–H and O–H groups in total. The molecule has 0 unspecified atom stereocenters. The molecule has 0 fully saturated rings. The molecule has 0 aromatic heterocycles. The van der Waals surface area contributed by atoms with E-state index in [2.05, 4.69) is 157 Å². The summed E-state index contributed by atoms with van der Waals surface area (Å²) in [7, 11) is 0. The Morgan fingerprint density at radius 2 is 1.07 bits per heavy atom. The van der Waals surface area contributed by atoms with E-state index in [4.69, 9.17) is 0 Å². The fourth-order valence-electron chi connectivity index (χ4n) is 5.67. The van der Waals surface area contributed by atoms with E-state index in [0.717, 1.165) is 12.8 Å². The smallest absolute Gasteiger partial charge is 0.0238 e. The van der Waals surface area contributed by atoms with Gasteiger partial charge in [-0.25, -0.2) is 0 Å². The Hall–Kier alpha value is -2.77. The normalized spacial score (nSPS) is 14.1. The van der Waals surface area contributed by atoms with Crippen molar-refractivity contribution in [2.75, 3.05) is 0 Å². The first-order chi connectivity index (χ1) is 19.6. The van der Waals surface area contributed by atoms with E-state index in [-0.39, 0.29) is 10.8 Å². The zero-order valence-corrected chi connectivity index (χ0v) is 29.3. The Labute approximate surface area is 260 Å². The SMILES string of the molecule is CC(C)(C)c1ccc2c(c1)[CH]([Hf][C]1=CC=CC1)c1cc(C(C)(C)C)ccc1-2.c1ccc(CCc2ccccc2)cc1. The third kappa shape index (κ3) is 7.36. The van der Waals surface area contributed by atoms with Crippen LogP contribution in [0.2, 0.25) is 0 Å². The first kappa shape index (κ1) is 29.7. The van der Waals surface area contributed by atoms with Crippen molar-refractivity contribution in [1.82, 2.24) is 0 Å². The van der Waals surface area contributed by atoms with Gasteiger partial charge in [0.2, 0.25) is 0 Å². The Kier molecular flexibility index (Phi) is 9.15. The van der Waals surface area contributed by atoms with Gasteiger partial charge in [-0.3, -0.25) is 0 Å². The molecule has 6 rings (SSSR count). The van der Waals surface area contributed by atoms with Gasteiger partial charge in [0.05, 0.1) is 0 Å². The summed E-state index contributed by atoms with van der Waals surface area (Å²) in [5.41, 5.74) is 12.4. The maximum absolute atomic E-state index is 2.53. The quantitative estimate of drug-likeness (QED) is 0.182. The summed E-state index contributed by atoms with van der Waals surface area (Å²) < 4.78 is 2.42. The third-order valence-electron chi connectivity index (χ3n) is 8.24. The van der Waals surface area contributed by atoms with E-state index in [9.17, 15) is 0 Å². The van der Waals surface area contributed by atoms with Gasteiger partial charge in [-0.05, 0) is 24.0 Å². The van der Waals surface area contributed by atoms with Gasteiger partial charge >= 0.3 is 177 Å². The monoisotopic (exact) mass is 704 g/mol. The van der Waals surface area contributed by atoms with E-state index in [1.165, 1.54) is 39.8 Å². The molecule has 2 aliphatic rings. The summed E-state index contributed by atoms with van der Waals surface area (Å²) in [6, 6.07) is 35.8. The minimum absolute atomic E-state index is 0.201. The van der Waals surface area contributed by atoms with Gasteiger partial charge in [0, 0.05) is 0 Å². The summed E-state index contributed by atoms with van der Waals surface area (Å²) in [5, 5.41) is 0. The fraction of sp³-hybridized carbons (Fsp3) is 0.300. The third-order valence-corrected chi connectivity index (χ3v) is 14.2. The Balaban J connectivity index is 0.000000202. The summed E-state index contributed by atoms with van der Waals surface area (Å²) in [6.45, 7) is 14.0. The second kappa shape index (κ2) is 12.6. The van der Waals surface area contributed by atoms with Crippen LogP contribution in [0.4, 0.5) is 0 Å².